The molecular weight excluding hydrogens is 160 g/mol. The van der Waals surface area contributed by atoms with Gasteiger partial charge in [0, 0.05) is 19.1 Å². The van der Waals surface area contributed by atoms with Crippen molar-refractivity contribution in [3.8, 4) is 0 Å². The van der Waals surface area contributed by atoms with Crippen LogP contribution < -0.4 is 5.43 Å². The molecule has 0 bridgehead atoms. The Balaban J connectivity index is 1.76. The van der Waals surface area contributed by atoms with Crippen LogP contribution in [0.15, 0.2) is 0 Å². The van der Waals surface area contributed by atoms with E-state index in [0.29, 0.717) is 11.5 Å². The number of hydrogen-bond donors (Lipinski definition) is 1. The smallest absolute Gasteiger partial charge is 0.0240 e. The Kier molecular flexibility index (Phi) is 2.61. The molecule has 1 unspecified atom stereocenters. The van der Waals surface area contributed by atoms with Crippen LogP contribution in [-0.2, 0) is 0 Å². The summed E-state index contributed by atoms with van der Waals surface area (Å²) in [6, 6.07) is 0.672. The molecule has 0 aromatic heterocycles. The van der Waals surface area contributed by atoms with Crippen molar-refractivity contribution >= 4 is 0 Å². The maximum Gasteiger partial charge on any atom is 0.0240 e. The lowest BCUT2D eigenvalue weighted by Crippen LogP contribution is -2.48. The third-order valence-electron chi connectivity index (χ3n) is 3.82. The predicted octanol–water partition coefficient (Wildman–Crippen LogP) is 2.17. The van der Waals surface area contributed by atoms with E-state index in [1.807, 2.05) is 0 Å². The van der Waals surface area contributed by atoms with E-state index in [1.165, 1.54) is 45.2 Å². The zero-order chi connectivity index (χ0) is 9.31. The van der Waals surface area contributed by atoms with Gasteiger partial charge in [-0.25, -0.2) is 5.01 Å². The van der Waals surface area contributed by atoms with Crippen molar-refractivity contribution in [1.29, 1.82) is 0 Å². The van der Waals surface area contributed by atoms with Gasteiger partial charge in [-0.05, 0) is 38.0 Å². The Bertz CT molecular complexity index is 169. The van der Waals surface area contributed by atoms with Crippen molar-refractivity contribution in [2.75, 3.05) is 13.1 Å². The Morgan fingerprint density at radius 1 is 1.15 bits per heavy atom. The van der Waals surface area contributed by atoms with Crippen LogP contribution in [0.1, 0.15) is 46.0 Å². The van der Waals surface area contributed by atoms with E-state index in [9.17, 15) is 0 Å². The van der Waals surface area contributed by atoms with Gasteiger partial charge in [0.2, 0.25) is 0 Å². The van der Waals surface area contributed by atoms with Crippen molar-refractivity contribution in [3.63, 3.8) is 0 Å². The number of nitrogens with zero attached hydrogens (tertiary/aromatic N) is 1. The van der Waals surface area contributed by atoms with Gasteiger partial charge in [0.05, 0.1) is 0 Å². The molecule has 2 fully saturated rings. The Morgan fingerprint density at radius 2 is 1.77 bits per heavy atom. The van der Waals surface area contributed by atoms with Gasteiger partial charge in [0.1, 0.15) is 0 Å². The van der Waals surface area contributed by atoms with E-state index in [2.05, 4.69) is 24.3 Å². The SMILES string of the molecule is CC(NN1CCCCC1)C1(C)CC1. The molecule has 1 aliphatic heterocycles. The average molecular weight is 182 g/mol. The Hall–Kier alpha value is -0.0800. The lowest BCUT2D eigenvalue weighted by atomic mass is 10.0. The van der Waals surface area contributed by atoms with Crippen LogP contribution in [0.5, 0.6) is 0 Å². The van der Waals surface area contributed by atoms with Crippen molar-refractivity contribution in [2.24, 2.45) is 5.41 Å². The molecule has 0 spiro atoms. The summed E-state index contributed by atoms with van der Waals surface area (Å²) in [5, 5.41) is 2.43. The molecule has 0 aromatic rings. The summed E-state index contributed by atoms with van der Waals surface area (Å²) in [5.41, 5.74) is 4.26. The van der Waals surface area contributed by atoms with E-state index in [1.54, 1.807) is 0 Å². The highest BCUT2D eigenvalue weighted by Crippen LogP contribution is 2.48. The van der Waals surface area contributed by atoms with Gasteiger partial charge in [-0.15, -0.1) is 0 Å². The van der Waals surface area contributed by atoms with Gasteiger partial charge in [-0.3, -0.25) is 5.43 Å². The quantitative estimate of drug-likeness (QED) is 0.719. The molecule has 2 nitrogen and oxygen atoms in total. The van der Waals surface area contributed by atoms with Crippen LogP contribution in [-0.4, -0.2) is 24.1 Å². The lowest BCUT2D eigenvalue weighted by molar-refractivity contribution is 0.111. The second kappa shape index (κ2) is 3.58. The third kappa shape index (κ3) is 2.23. The summed E-state index contributed by atoms with van der Waals surface area (Å²) in [7, 11) is 0. The van der Waals surface area contributed by atoms with Crippen molar-refractivity contribution < 1.29 is 0 Å². The van der Waals surface area contributed by atoms with Crippen LogP contribution in [0.4, 0.5) is 0 Å². The van der Waals surface area contributed by atoms with E-state index in [-0.39, 0.29) is 0 Å². The first-order valence-corrected chi connectivity index (χ1v) is 5.72. The predicted molar refractivity (Wildman–Crippen MR) is 55.4 cm³/mol. The highest BCUT2D eigenvalue weighted by molar-refractivity contribution is 4.96. The lowest BCUT2D eigenvalue weighted by Gasteiger charge is -2.32. The molecule has 2 heteroatoms. The molecule has 76 valence electrons. The van der Waals surface area contributed by atoms with Crippen LogP contribution in [0.25, 0.3) is 0 Å². The van der Waals surface area contributed by atoms with Crippen molar-refractivity contribution in [1.82, 2.24) is 10.4 Å². The second-order valence-corrected chi connectivity index (χ2v) is 5.05. The molecule has 0 aromatic carbocycles. The zero-order valence-electron chi connectivity index (χ0n) is 8.97. The van der Waals surface area contributed by atoms with E-state index in [0.717, 1.165) is 0 Å². The average Bonchev–Trinajstić information content (AvgIpc) is 2.87. The molecule has 2 aliphatic rings. The second-order valence-electron chi connectivity index (χ2n) is 5.05. The summed E-state index contributed by atoms with van der Waals surface area (Å²) in [6.45, 7) is 7.23. The maximum absolute atomic E-state index is 3.65. The van der Waals surface area contributed by atoms with Gasteiger partial charge >= 0.3 is 0 Å². The van der Waals surface area contributed by atoms with E-state index in [4.69, 9.17) is 0 Å². The van der Waals surface area contributed by atoms with E-state index < -0.39 is 0 Å². The van der Waals surface area contributed by atoms with Gasteiger partial charge in [-0.1, -0.05) is 13.3 Å². The Labute approximate surface area is 81.7 Å². The fourth-order valence-electron chi connectivity index (χ4n) is 2.08. The summed E-state index contributed by atoms with van der Waals surface area (Å²) in [4.78, 5) is 0. The first-order valence-electron chi connectivity index (χ1n) is 5.72. The first-order chi connectivity index (χ1) is 6.21. The number of rotatable bonds is 3. The first kappa shape index (κ1) is 9.47. The minimum absolute atomic E-state index is 0.609. The van der Waals surface area contributed by atoms with Gasteiger partial charge in [-0.2, -0.15) is 0 Å². The van der Waals surface area contributed by atoms with Crippen molar-refractivity contribution in [3.05, 3.63) is 0 Å². The largest absolute Gasteiger partial charge is 0.252 e. The molecule has 0 radical (unpaired) electrons. The molecular formula is C11H22N2. The highest BCUT2D eigenvalue weighted by atomic mass is 15.5. The van der Waals surface area contributed by atoms with Gasteiger partial charge in [0.15, 0.2) is 0 Å². The van der Waals surface area contributed by atoms with Crippen LogP contribution in [0.2, 0.25) is 0 Å². The van der Waals surface area contributed by atoms with Crippen LogP contribution in [0.3, 0.4) is 0 Å². The number of nitrogens with one attached hydrogen (secondary N) is 1. The number of hydrogen-bond acceptors (Lipinski definition) is 2. The highest BCUT2D eigenvalue weighted by Gasteiger charge is 2.42. The third-order valence-corrected chi connectivity index (χ3v) is 3.82. The minimum atomic E-state index is 0.609. The molecule has 2 rings (SSSR count). The summed E-state index contributed by atoms with van der Waals surface area (Å²) in [5.74, 6) is 0. The van der Waals surface area contributed by atoms with Crippen molar-refractivity contribution in [2.45, 2.75) is 52.0 Å². The minimum Gasteiger partial charge on any atom is -0.252 e. The molecule has 0 amide bonds. The number of hydrazine groups is 1. The molecule has 1 heterocycles. The topological polar surface area (TPSA) is 15.3 Å². The maximum atomic E-state index is 3.65. The van der Waals surface area contributed by atoms with Gasteiger partial charge in [0.25, 0.3) is 0 Å². The molecule has 1 saturated carbocycles. The summed E-state index contributed by atoms with van der Waals surface area (Å²) >= 11 is 0. The molecule has 1 atom stereocenters. The molecule has 1 N–H and O–H groups in total. The Morgan fingerprint density at radius 3 is 2.31 bits per heavy atom. The summed E-state index contributed by atoms with van der Waals surface area (Å²) < 4.78 is 0. The molecule has 1 saturated heterocycles. The zero-order valence-corrected chi connectivity index (χ0v) is 8.97. The molecule has 1 aliphatic carbocycles. The van der Waals surface area contributed by atoms with Crippen LogP contribution in [0, 0.1) is 5.41 Å². The standard InChI is InChI=1S/C11H22N2/c1-10(11(2)6-7-11)12-13-8-4-3-5-9-13/h10,12H,3-9H2,1-2H3. The van der Waals surface area contributed by atoms with E-state index >= 15 is 0 Å². The monoisotopic (exact) mass is 182 g/mol. The fraction of sp³-hybridized carbons (Fsp3) is 1.00. The normalized spacial score (nSPS) is 30.0. The molecule has 13 heavy (non-hydrogen) atoms. The summed E-state index contributed by atoms with van der Waals surface area (Å²) in [6.07, 6.45) is 6.99. The van der Waals surface area contributed by atoms with Gasteiger partial charge < -0.3 is 0 Å². The fourth-order valence-corrected chi connectivity index (χ4v) is 2.08. The number of piperidine rings is 1. The van der Waals surface area contributed by atoms with Crippen LogP contribution >= 0.6 is 0 Å².